The molecule has 0 aliphatic rings. The van der Waals surface area contributed by atoms with E-state index < -0.39 is 4.92 Å². The van der Waals surface area contributed by atoms with Gasteiger partial charge < -0.3 is 9.72 Å². The predicted octanol–water partition coefficient (Wildman–Crippen LogP) is 3.58. The van der Waals surface area contributed by atoms with Crippen molar-refractivity contribution in [3.05, 3.63) is 80.8 Å². The van der Waals surface area contributed by atoms with E-state index in [1.54, 1.807) is 19.2 Å². The Bertz CT molecular complexity index is 1240. The molecule has 0 radical (unpaired) electrons. The van der Waals surface area contributed by atoms with Crippen LogP contribution in [0.25, 0.3) is 28.0 Å². The highest BCUT2D eigenvalue weighted by atomic mass is 16.6. The van der Waals surface area contributed by atoms with E-state index in [4.69, 9.17) is 4.74 Å². The molecule has 0 unspecified atom stereocenters. The molecular weight excluding hydrogens is 360 g/mol. The summed E-state index contributed by atoms with van der Waals surface area (Å²) in [6, 6.07) is 14.9. The van der Waals surface area contributed by atoms with Crippen LogP contribution in [-0.4, -0.2) is 26.6 Å². The monoisotopic (exact) mass is 376 g/mol. The Hall–Kier alpha value is -3.94. The molecule has 2 heterocycles. The van der Waals surface area contributed by atoms with Gasteiger partial charge in [0.1, 0.15) is 11.4 Å². The molecule has 1 N–H and O–H groups in total. The first kappa shape index (κ1) is 17.5. The Labute approximate surface area is 159 Å². The summed E-state index contributed by atoms with van der Waals surface area (Å²) in [5.41, 5.74) is 3.90. The van der Waals surface area contributed by atoms with Crippen molar-refractivity contribution in [2.75, 3.05) is 7.11 Å². The lowest BCUT2D eigenvalue weighted by molar-refractivity contribution is -0.384. The quantitative estimate of drug-likeness (QED) is 0.433. The standard InChI is InChI=1S/C20H16N4O4/c1-12-19(14-5-9-16(28-2)10-6-14)20-21-17(11-18(25)23(20)22-12)13-3-7-15(8-4-13)24(26)27/h3-11,21H,1-2H3. The van der Waals surface area contributed by atoms with Crippen molar-refractivity contribution in [2.45, 2.75) is 6.92 Å². The number of methoxy groups -OCH3 is 1. The van der Waals surface area contributed by atoms with Gasteiger partial charge in [-0.05, 0) is 42.3 Å². The molecule has 4 aromatic rings. The molecule has 0 bridgehead atoms. The van der Waals surface area contributed by atoms with Crippen LogP contribution in [0.3, 0.4) is 0 Å². The van der Waals surface area contributed by atoms with Gasteiger partial charge in [0.25, 0.3) is 11.2 Å². The van der Waals surface area contributed by atoms with Crippen LogP contribution in [0.15, 0.2) is 59.4 Å². The molecular formula is C20H16N4O4. The zero-order chi connectivity index (χ0) is 19.8. The molecule has 4 rings (SSSR count). The zero-order valence-corrected chi connectivity index (χ0v) is 15.2. The number of H-pyrrole nitrogens is 1. The third-order valence-electron chi connectivity index (χ3n) is 4.56. The highest BCUT2D eigenvalue weighted by molar-refractivity contribution is 5.81. The maximum Gasteiger partial charge on any atom is 0.274 e. The molecule has 140 valence electrons. The highest BCUT2D eigenvalue weighted by Crippen LogP contribution is 2.29. The molecule has 2 aromatic heterocycles. The van der Waals surface area contributed by atoms with E-state index in [-0.39, 0.29) is 11.2 Å². The third-order valence-corrected chi connectivity index (χ3v) is 4.56. The third kappa shape index (κ3) is 2.90. The molecule has 0 aliphatic carbocycles. The largest absolute Gasteiger partial charge is 0.497 e. The maximum absolute atomic E-state index is 12.6. The molecule has 0 saturated carbocycles. The highest BCUT2D eigenvalue weighted by Gasteiger charge is 2.16. The van der Waals surface area contributed by atoms with Crippen molar-refractivity contribution in [1.82, 2.24) is 14.6 Å². The minimum Gasteiger partial charge on any atom is -0.497 e. The number of hydrogen-bond donors (Lipinski definition) is 1. The summed E-state index contributed by atoms with van der Waals surface area (Å²) < 4.78 is 6.52. The second kappa shape index (κ2) is 6.66. The van der Waals surface area contributed by atoms with Crippen LogP contribution in [0.2, 0.25) is 0 Å². The molecule has 28 heavy (non-hydrogen) atoms. The van der Waals surface area contributed by atoms with Crippen LogP contribution < -0.4 is 10.3 Å². The number of hydrogen-bond acceptors (Lipinski definition) is 5. The first-order valence-corrected chi connectivity index (χ1v) is 8.50. The number of fused-ring (bicyclic) bond motifs is 1. The topological polar surface area (TPSA) is 103 Å². The Morgan fingerprint density at radius 3 is 2.32 bits per heavy atom. The summed E-state index contributed by atoms with van der Waals surface area (Å²) in [6.45, 7) is 1.84. The van der Waals surface area contributed by atoms with Gasteiger partial charge in [-0.2, -0.15) is 9.61 Å². The van der Waals surface area contributed by atoms with E-state index in [2.05, 4.69) is 10.1 Å². The minimum atomic E-state index is -0.460. The fourth-order valence-electron chi connectivity index (χ4n) is 3.17. The Kier molecular flexibility index (Phi) is 4.15. The molecule has 0 spiro atoms. The number of nitrogens with zero attached hydrogens (tertiary/aromatic N) is 3. The van der Waals surface area contributed by atoms with Gasteiger partial charge >= 0.3 is 0 Å². The smallest absolute Gasteiger partial charge is 0.274 e. The number of rotatable bonds is 4. The normalized spacial score (nSPS) is 10.9. The van der Waals surface area contributed by atoms with Crippen LogP contribution in [0, 0.1) is 17.0 Å². The van der Waals surface area contributed by atoms with E-state index in [0.29, 0.717) is 22.6 Å². The molecule has 0 atom stereocenters. The first-order valence-electron chi connectivity index (χ1n) is 8.50. The van der Waals surface area contributed by atoms with Gasteiger partial charge in [-0.15, -0.1) is 0 Å². The first-order chi connectivity index (χ1) is 13.5. The Balaban J connectivity index is 1.89. The number of benzene rings is 2. The molecule has 0 fully saturated rings. The summed E-state index contributed by atoms with van der Waals surface area (Å²) >= 11 is 0. The van der Waals surface area contributed by atoms with Crippen molar-refractivity contribution in [3.63, 3.8) is 0 Å². The molecule has 2 aromatic carbocycles. The summed E-state index contributed by atoms with van der Waals surface area (Å²) in [7, 11) is 1.60. The van der Waals surface area contributed by atoms with E-state index in [1.165, 1.54) is 22.7 Å². The molecule has 8 heteroatoms. The van der Waals surface area contributed by atoms with Gasteiger partial charge in [-0.3, -0.25) is 14.9 Å². The Morgan fingerprint density at radius 2 is 1.71 bits per heavy atom. The summed E-state index contributed by atoms with van der Waals surface area (Å²) in [6.07, 6.45) is 0. The van der Waals surface area contributed by atoms with Gasteiger partial charge in [-0.25, -0.2) is 0 Å². The number of nitrogens with one attached hydrogen (secondary N) is 1. The van der Waals surface area contributed by atoms with Crippen LogP contribution in [0.4, 0.5) is 5.69 Å². The van der Waals surface area contributed by atoms with Gasteiger partial charge in [0.05, 0.1) is 23.4 Å². The lowest BCUT2D eigenvalue weighted by Gasteiger charge is -2.06. The van der Waals surface area contributed by atoms with Gasteiger partial charge in [0.15, 0.2) is 0 Å². The lowest BCUT2D eigenvalue weighted by atomic mass is 10.1. The summed E-state index contributed by atoms with van der Waals surface area (Å²) in [4.78, 5) is 26.2. The summed E-state index contributed by atoms with van der Waals surface area (Å²) in [5, 5.41) is 15.2. The van der Waals surface area contributed by atoms with Crippen molar-refractivity contribution in [3.8, 4) is 28.1 Å². The van der Waals surface area contributed by atoms with E-state index in [9.17, 15) is 14.9 Å². The lowest BCUT2D eigenvalue weighted by Crippen LogP contribution is -2.14. The molecule has 0 aliphatic heterocycles. The van der Waals surface area contributed by atoms with Gasteiger partial charge in [0, 0.05) is 23.8 Å². The second-order valence-corrected chi connectivity index (χ2v) is 6.27. The number of aryl methyl sites for hydroxylation is 1. The van der Waals surface area contributed by atoms with Crippen LogP contribution in [0.1, 0.15) is 5.69 Å². The van der Waals surface area contributed by atoms with E-state index >= 15 is 0 Å². The van der Waals surface area contributed by atoms with Crippen molar-refractivity contribution < 1.29 is 9.66 Å². The summed E-state index contributed by atoms with van der Waals surface area (Å²) in [5.74, 6) is 0.734. The van der Waals surface area contributed by atoms with E-state index in [0.717, 1.165) is 16.9 Å². The number of nitro groups is 1. The van der Waals surface area contributed by atoms with Crippen LogP contribution in [0.5, 0.6) is 5.75 Å². The SMILES string of the molecule is COc1ccc(-c2c(C)nn3c(=O)cc(-c4ccc([N+](=O)[O-])cc4)[nH]c23)cc1. The van der Waals surface area contributed by atoms with Crippen molar-refractivity contribution in [1.29, 1.82) is 0 Å². The molecule has 8 nitrogen and oxygen atoms in total. The van der Waals surface area contributed by atoms with E-state index in [1.807, 2.05) is 31.2 Å². The van der Waals surface area contributed by atoms with Crippen LogP contribution >= 0.6 is 0 Å². The minimum absolute atomic E-state index is 0.00806. The number of non-ortho nitro benzene ring substituents is 1. The number of aromatic amines is 1. The molecule has 0 amide bonds. The maximum atomic E-state index is 12.6. The Morgan fingerprint density at radius 1 is 1.07 bits per heavy atom. The number of nitro benzene ring substituents is 1. The average Bonchev–Trinajstić information content (AvgIpc) is 3.04. The predicted molar refractivity (Wildman–Crippen MR) is 105 cm³/mol. The van der Waals surface area contributed by atoms with Crippen molar-refractivity contribution in [2.24, 2.45) is 0 Å². The average molecular weight is 376 g/mol. The fourth-order valence-corrected chi connectivity index (χ4v) is 3.17. The molecule has 0 saturated heterocycles. The zero-order valence-electron chi connectivity index (χ0n) is 15.2. The fraction of sp³-hybridized carbons (Fsp3) is 0.100. The van der Waals surface area contributed by atoms with Gasteiger partial charge in [0.2, 0.25) is 0 Å². The van der Waals surface area contributed by atoms with Crippen molar-refractivity contribution >= 4 is 11.3 Å². The van der Waals surface area contributed by atoms with Gasteiger partial charge in [-0.1, -0.05) is 12.1 Å². The number of ether oxygens (including phenoxy) is 1. The van der Waals surface area contributed by atoms with Crippen LogP contribution in [-0.2, 0) is 0 Å². The number of aromatic nitrogens is 3. The second-order valence-electron chi connectivity index (χ2n) is 6.27.